The van der Waals surface area contributed by atoms with Gasteiger partial charge in [-0.3, -0.25) is 4.79 Å². The quantitative estimate of drug-likeness (QED) is 0.278. The van der Waals surface area contributed by atoms with Crippen molar-refractivity contribution in [2.45, 2.75) is 38.0 Å². The minimum Gasteiger partial charge on any atom is -0.478 e. The largest absolute Gasteiger partial charge is 0.478 e. The van der Waals surface area contributed by atoms with Gasteiger partial charge in [-0.15, -0.1) is 0 Å². The maximum absolute atomic E-state index is 12.8. The Morgan fingerprint density at radius 2 is 1.53 bits per heavy atom. The number of hydrogen-bond donors (Lipinski definition) is 3. The summed E-state index contributed by atoms with van der Waals surface area (Å²) in [4.78, 5) is 37.9. The Kier molecular flexibility index (Phi) is 9.26. The summed E-state index contributed by atoms with van der Waals surface area (Å²) >= 11 is 12.3. The highest BCUT2D eigenvalue weighted by Gasteiger charge is 2.25. The standard InChI is InChI=1S/C29H29Cl2N3O4/c30-24-17-22(28(36)37)18-25(31)27(24)33-29(38)34-15-13-21(14-16-34)20-9-11-23(12-10-20)32-26(35)8-4-7-19-5-2-1-3-6-19/h1-3,5-6,9-12,17-18,21H,4,7-8,13-16H2,(H,32,35)(H,33,38)(H,36,37). The van der Waals surface area contributed by atoms with Gasteiger partial charge in [-0.2, -0.15) is 0 Å². The molecule has 1 aliphatic heterocycles. The van der Waals surface area contributed by atoms with E-state index in [0.29, 0.717) is 25.4 Å². The summed E-state index contributed by atoms with van der Waals surface area (Å²) in [5, 5.41) is 14.9. The average Bonchev–Trinajstić information content (AvgIpc) is 2.91. The molecule has 0 radical (unpaired) electrons. The van der Waals surface area contributed by atoms with Crippen LogP contribution in [0.25, 0.3) is 0 Å². The van der Waals surface area contributed by atoms with Crippen LogP contribution in [0.15, 0.2) is 66.7 Å². The SMILES string of the molecule is O=C(CCCc1ccccc1)Nc1ccc(C2CCN(C(=O)Nc3c(Cl)cc(C(=O)O)cc3Cl)CC2)cc1. The molecule has 0 aromatic heterocycles. The molecule has 3 amide bonds. The van der Waals surface area contributed by atoms with Gasteiger partial charge < -0.3 is 20.6 Å². The number of likely N-dealkylation sites (tertiary alicyclic amines) is 1. The van der Waals surface area contributed by atoms with Crippen LogP contribution in [0.1, 0.15) is 53.1 Å². The van der Waals surface area contributed by atoms with E-state index in [1.807, 2.05) is 42.5 Å². The Balaban J connectivity index is 1.24. The maximum Gasteiger partial charge on any atom is 0.335 e. The van der Waals surface area contributed by atoms with Crippen LogP contribution in [-0.4, -0.2) is 41.0 Å². The molecule has 0 spiro atoms. The zero-order chi connectivity index (χ0) is 27.1. The highest BCUT2D eigenvalue weighted by Crippen LogP contribution is 2.33. The van der Waals surface area contributed by atoms with Crippen LogP contribution in [0.5, 0.6) is 0 Å². The molecule has 3 aromatic rings. The summed E-state index contributed by atoms with van der Waals surface area (Å²) in [6.45, 7) is 1.11. The molecule has 38 heavy (non-hydrogen) atoms. The van der Waals surface area contributed by atoms with Gasteiger partial charge in [0, 0.05) is 25.2 Å². The summed E-state index contributed by atoms with van der Waals surface area (Å²) in [7, 11) is 0. The summed E-state index contributed by atoms with van der Waals surface area (Å²) in [6.07, 6.45) is 3.72. The zero-order valence-corrected chi connectivity index (χ0v) is 22.3. The smallest absolute Gasteiger partial charge is 0.335 e. The third kappa shape index (κ3) is 7.27. The van der Waals surface area contributed by atoms with Crippen LogP contribution >= 0.6 is 23.2 Å². The van der Waals surface area contributed by atoms with Gasteiger partial charge in [-0.1, -0.05) is 65.7 Å². The lowest BCUT2D eigenvalue weighted by molar-refractivity contribution is -0.116. The molecule has 1 saturated heterocycles. The predicted molar refractivity (Wildman–Crippen MR) is 150 cm³/mol. The van der Waals surface area contributed by atoms with E-state index in [1.54, 1.807) is 4.90 Å². The van der Waals surface area contributed by atoms with Gasteiger partial charge in [0.1, 0.15) is 0 Å². The lowest BCUT2D eigenvalue weighted by Crippen LogP contribution is -2.40. The normalized spacial score (nSPS) is 13.7. The molecule has 0 atom stereocenters. The van der Waals surface area contributed by atoms with Crippen molar-refractivity contribution in [2.75, 3.05) is 23.7 Å². The Morgan fingerprint density at radius 1 is 0.895 bits per heavy atom. The third-order valence-corrected chi connectivity index (χ3v) is 7.28. The minimum absolute atomic E-state index is 0.00538. The monoisotopic (exact) mass is 553 g/mol. The van der Waals surface area contributed by atoms with Crippen molar-refractivity contribution in [3.8, 4) is 0 Å². The number of hydrogen-bond acceptors (Lipinski definition) is 3. The lowest BCUT2D eigenvalue weighted by Gasteiger charge is -2.32. The van der Waals surface area contributed by atoms with Gasteiger partial charge in [0.2, 0.25) is 5.91 Å². The Labute approximate surface area is 231 Å². The number of carbonyl (C=O) groups excluding carboxylic acids is 2. The van der Waals surface area contributed by atoms with E-state index in [9.17, 15) is 14.4 Å². The van der Waals surface area contributed by atoms with Gasteiger partial charge in [0.25, 0.3) is 0 Å². The van der Waals surface area contributed by atoms with Crippen LogP contribution in [0.2, 0.25) is 10.0 Å². The molecule has 3 N–H and O–H groups in total. The second-order valence-corrected chi connectivity index (χ2v) is 10.1. The first kappa shape index (κ1) is 27.5. The number of carbonyl (C=O) groups is 3. The number of carboxylic acids is 1. The number of rotatable bonds is 8. The molecule has 0 unspecified atom stereocenters. The highest BCUT2D eigenvalue weighted by atomic mass is 35.5. The van der Waals surface area contributed by atoms with Crippen LogP contribution in [-0.2, 0) is 11.2 Å². The lowest BCUT2D eigenvalue weighted by atomic mass is 9.89. The van der Waals surface area contributed by atoms with Crippen molar-refractivity contribution >= 4 is 52.5 Å². The van der Waals surface area contributed by atoms with E-state index in [4.69, 9.17) is 28.3 Å². The van der Waals surface area contributed by atoms with E-state index in [0.717, 1.165) is 31.4 Å². The molecule has 0 aliphatic carbocycles. The second-order valence-electron chi connectivity index (χ2n) is 9.32. The number of amides is 3. The van der Waals surface area contributed by atoms with Gasteiger partial charge in [0.05, 0.1) is 21.3 Å². The number of carboxylic acid groups (broad SMARTS) is 1. The zero-order valence-electron chi connectivity index (χ0n) is 20.8. The van der Waals surface area contributed by atoms with Gasteiger partial charge >= 0.3 is 12.0 Å². The van der Waals surface area contributed by atoms with Crippen molar-refractivity contribution in [2.24, 2.45) is 0 Å². The van der Waals surface area contributed by atoms with Gasteiger partial charge in [-0.25, -0.2) is 9.59 Å². The molecule has 0 saturated carbocycles. The number of halogens is 2. The molecule has 198 valence electrons. The number of piperidine rings is 1. The van der Waals surface area contributed by atoms with Crippen LogP contribution in [0.4, 0.5) is 16.2 Å². The topological polar surface area (TPSA) is 98.7 Å². The summed E-state index contributed by atoms with van der Waals surface area (Å²) < 4.78 is 0. The first-order chi connectivity index (χ1) is 18.3. The highest BCUT2D eigenvalue weighted by molar-refractivity contribution is 6.40. The number of benzene rings is 3. The summed E-state index contributed by atoms with van der Waals surface area (Å²) in [5.74, 6) is -0.842. The Bertz CT molecular complexity index is 1270. The molecule has 9 heteroatoms. The molecule has 0 bridgehead atoms. The fourth-order valence-corrected chi connectivity index (χ4v) is 5.16. The van der Waals surface area contributed by atoms with Crippen molar-refractivity contribution < 1.29 is 19.5 Å². The number of nitrogens with zero attached hydrogens (tertiary/aromatic N) is 1. The summed E-state index contributed by atoms with van der Waals surface area (Å²) in [5.41, 5.74) is 3.33. The number of aromatic carboxylic acids is 1. The maximum atomic E-state index is 12.8. The van der Waals surface area contributed by atoms with Crippen molar-refractivity contribution in [3.63, 3.8) is 0 Å². The number of aryl methyl sites for hydroxylation is 1. The van der Waals surface area contributed by atoms with E-state index >= 15 is 0 Å². The molecule has 1 aliphatic rings. The number of nitrogens with one attached hydrogen (secondary N) is 2. The van der Waals surface area contributed by atoms with Crippen molar-refractivity contribution in [1.29, 1.82) is 0 Å². The molecule has 7 nitrogen and oxygen atoms in total. The fourth-order valence-electron chi connectivity index (χ4n) is 4.58. The molecule has 1 fully saturated rings. The minimum atomic E-state index is -1.15. The first-order valence-corrected chi connectivity index (χ1v) is 13.3. The number of anilines is 2. The van der Waals surface area contributed by atoms with Crippen LogP contribution in [0.3, 0.4) is 0 Å². The van der Waals surface area contributed by atoms with Crippen LogP contribution < -0.4 is 10.6 Å². The summed E-state index contributed by atoms with van der Waals surface area (Å²) in [6, 6.07) is 20.2. The number of urea groups is 1. The van der Waals surface area contributed by atoms with Gasteiger partial charge in [-0.05, 0) is 67.0 Å². The van der Waals surface area contributed by atoms with Gasteiger partial charge in [0.15, 0.2) is 0 Å². The Morgan fingerprint density at radius 3 is 2.13 bits per heavy atom. The Hall–Kier alpha value is -3.55. The fraction of sp³-hybridized carbons (Fsp3) is 0.276. The average molecular weight is 554 g/mol. The van der Waals surface area contributed by atoms with Crippen LogP contribution in [0, 0.1) is 0 Å². The first-order valence-electron chi connectivity index (χ1n) is 12.5. The van der Waals surface area contributed by atoms with E-state index in [-0.39, 0.29) is 33.2 Å². The molecule has 4 rings (SSSR count). The molecule has 1 heterocycles. The second kappa shape index (κ2) is 12.8. The molecule has 3 aromatic carbocycles. The van der Waals surface area contributed by atoms with Crippen molar-refractivity contribution in [1.82, 2.24) is 4.90 Å². The van der Waals surface area contributed by atoms with E-state index in [1.165, 1.54) is 23.3 Å². The van der Waals surface area contributed by atoms with Crippen molar-refractivity contribution in [3.05, 3.63) is 93.5 Å². The third-order valence-electron chi connectivity index (χ3n) is 6.68. The van der Waals surface area contributed by atoms with E-state index < -0.39 is 5.97 Å². The molecular formula is C29H29Cl2N3O4. The molecular weight excluding hydrogens is 525 g/mol. The predicted octanol–water partition coefficient (Wildman–Crippen LogP) is 7.06. The van der Waals surface area contributed by atoms with E-state index in [2.05, 4.69) is 22.8 Å².